The first-order valence-electron chi connectivity index (χ1n) is 7.29. The summed E-state index contributed by atoms with van der Waals surface area (Å²) in [7, 11) is 0. The number of hydrogen-bond acceptors (Lipinski definition) is 5. The number of hydrogen-bond donors (Lipinski definition) is 0. The molecule has 0 saturated heterocycles. The average Bonchev–Trinajstić information content (AvgIpc) is 3.20. The zero-order valence-corrected chi connectivity index (χ0v) is 14.4. The molecule has 1 aromatic carbocycles. The molecule has 9 heteroatoms. The molecule has 0 spiro atoms. The first-order chi connectivity index (χ1) is 11.6. The minimum atomic E-state index is -0.458. The summed E-state index contributed by atoms with van der Waals surface area (Å²) in [5.41, 5.74) is 2.14. The summed E-state index contributed by atoms with van der Waals surface area (Å²) in [6, 6.07) is 6.41. The lowest BCUT2D eigenvalue weighted by molar-refractivity contribution is 0.629. The molecule has 0 aliphatic rings. The molecule has 0 saturated carbocycles. The Hall–Kier alpha value is -2.32. The molecule has 4 aromatic rings. The second-order valence-corrected chi connectivity index (χ2v) is 6.63. The highest BCUT2D eigenvalue weighted by Crippen LogP contribution is 2.30. The van der Waals surface area contributed by atoms with Crippen molar-refractivity contribution in [3.63, 3.8) is 0 Å². The number of aromatic nitrogens is 6. The lowest BCUT2D eigenvalue weighted by atomic mass is 10.2. The average molecular weight is 363 g/mol. The highest BCUT2D eigenvalue weighted by molar-refractivity contribution is 7.19. The summed E-state index contributed by atoms with van der Waals surface area (Å²) in [6.07, 6.45) is 0. The highest BCUT2D eigenvalue weighted by atomic mass is 35.5. The van der Waals surface area contributed by atoms with Gasteiger partial charge in [-0.05, 0) is 38.1 Å². The minimum Gasteiger partial charge on any atom is -0.262 e. The first kappa shape index (κ1) is 15.2. The van der Waals surface area contributed by atoms with Gasteiger partial charge in [0.05, 0.1) is 17.0 Å². The molecule has 122 valence electrons. The van der Waals surface area contributed by atoms with Crippen molar-refractivity contribution in [1.82, 2.24) is 29.6 Å². The fourth-order valence-corrected chi connectivity index (χ4v) is 3.54. The third-order valence-electron chi connectivity index (χ3n) is 3.58. The molecule has 0 aliphatic carbocycles. The van der Waals surface area contributed by atoms with Crippen molar-refractivity contribution in [1.29, 1.82) is 0 Å². The van der Waals surface area contributed by atoms with Gasteiger partial charge in [-0.2, -0.15) is 14.7 Å². The zero-order chi connectivity index (χ0) is 16.8. The summed E-state index contributed by atoms with van der Waals surface area (Å²) in [5.74, 6) is -0.109. The lowest BCUT2D eigenvalue weighted by Crippen LogP contribution is -2.00. The fourth-order valence-electron chi connectivity index (χ4n) is 2.52. The third-order valence-corrected chi connectivity index (χ3v) is 4.74. The molecule has 3 aromatic heterocycles. The van der Waals surface area contributed by atoms with E-state index < -0.39 is 5.82 Å². The maximum atomic E-state index is 14.2. The molecule has 0 fully saturated rings. The van der Waals surface area contributed by atoms with Crippen molar-refractivity contribution in [2.24, 2.45) is 0 Å². The van der Waals surface area contributed by atoms with Gasteiger partial charge < -0.3 is 0 Å². The van der Waals surface area contributed by atoms with Crippen LogP contribution in [0, 0.1) is 12.7 Å². The molecule has 0 N–H and O–H groups in total. The van der Waals surface area contributed by atoms with E-state index in [1.807, 2.05) is 24.6 Å². The standard InChI is InChI=1S/C15H12ClFN6S/c1-3-22-12(6-8(2)20-22)14-21-23-13(18-19-15(23)24-14)10-5-4-9(16)7-11(10)17/h4-7H,3H2,1-2H3. The van der Waals surface area contributed by atoms with Crippen LogP contribution in [0.3, 0.4) is 0 Å². The number of nitrogens with zero attached hydrogens (tertiary/aromatic N) is 6. The van der Waals surface area contributed by atoms with Crippen LogP contribution in [0.25, 0.3) is 27.1 Å². The molecule has 0 amide bonds. The topological polar surface area (TPSA) is 60.9 Å². The van der Waals surface area contributed by atoms with Gasteiger partial charge in [0.25, 0.3) is 0 Å². The maximum Gasteiger partial charge on any atom is 0.235 e. The number of halogens is 2. The van der Waals surface area contributed by atoms with Crippen LogP contribution in [0.15, 0.2) is 24.3 Å². The van der Waals surface area contributed by atoms with E-state index in [1.54, 1.807) is 16.6 Å². The van der Waals surface area contributed by atoms with E-state index in [-0.39, 0.29) is 0 Å². The monoisotopic (exact) mass is 362 g/mol. The summed E-state index contributed by atoms with van der Waals surface area (Å²) < 4.78 is 17.6. The van der Waals surface area contributed by atoms with E-state index in [0.717, 1.165) is 22.9 Å². The van der Waals surface area contributed by atoms with E-state index in [2.05, 4.69) is 20.4 Å². The Labute approximate surface area is 145 Å². The van der Waals surface area contributed by atoms with Crippen molar-refractivity contribution in [2.45, 2.75) is 20.4 Å². The predicted octanol–water partition coefficient (Wildman–Crippen LogP) is 3.84. The molecular formula is C15H12ClFN6S. The smallest absolute Gasteiger partial charge is 0.235 e. The fraction of sp³-hybridized carbons (Fsp3) is 0.200. The van der Waals surface area contributed by atoms with Gasteiger partial charge in [0.2, 0.25) is 4.96 Å². The van der Waals surface area contributed by atoms with Crippen LogP contribution in [-0.4, -0.2) is 29.6 Å². The second kappa shape index (κ2) is 5.64. The molecule has 4 rings (SSSR count). The highest BCUT2D eigenvalue weighted by Gasteiger charge is 2.19. The van der Waals surface area contributed by atoms with Gasteiger partial charge in [0, 0.05) is 11.6 Å². The van der Waals surface area contributed by atoms with Gasteiger partial charge in [-0.25, -0.2) is 4.39 Å². The van der Waals surface area contributed by atoms with E-state index in [4.69, 9.17) is 11.6 Å². The normalized spacial score (nSPS) is 11.5. The van der Waals surface area contributed by atoms with Gasteiger partial charge in [-0.15, -0.1) is 10.2 Å². The third kappa shape index (κ3) is 2.38. The van der Waals surface area contributed by atoms with Gasteiger partial charge in [-0.1, -0.05) is 22.9 Å². The quantitative estimate of drug-likeness (QED) is 0.555. The van der Waals surface area contributed by atoms with Crippen LogP contribution in [0.2, 0.25) is 5.02 Å². The molecule has 0 atom stereocenters. The minimum absolute atomic E-state index is 0.309. The Morgan fingerprint density at radius 1 is 1.21 bits per heavy atom. The van der Waals surface area contributed by atoms with Gasteiger partial charge in [-0.3, -0.25) is 4.68 Å². The molecule has 0 aliphatic heterocycles. The van der Waals surface area contributed by atoms with E-state index in [1.165, 1.54) is 17.4 Å². The predicted molar refractivity (Wildman–Crippen MR) is 90.7 cm³/mol. The SMILES string of the molecule is CCn1nc(C)cc1-c1nn2c(-c3ccc(Cl)cc3F)nnc2s1. The first-order valence-corrected chi connectivity index (χ1v) is 8.48. The molecule has 3 heterocycles. The summed E-state index contributed by atoms with van der Waals surface area (Å²) in [6.45, 7) is 4.69. The van der Waals surface area contributed by atoms with E-state index in [0.29, 0.717) is 21.4 Å². The Kier molecular flexibility index (Phi) is 3.58. The number of fused-ring (bicyclic) bond motifs is 1. The molecule has 0 unspecified atom stereocenters. The zero-order valence-electron chi connectivity index (χ0n) is 12.9. The molecule has 24 heavy (non-hydrogen) atoms. The molecule has 0 radical (unpaired) electrons. The van der Waals surface area contributed by atoms with Crippen molar-refractivity contribution in [3.05, 3.63) is 40.8 Å². The van der Waals surface area contributed by atoms with Crippen molar-refractivity contribution < 1.29 is 4.39 Å². The Morgan fingerprint density at radius 3 is 2.79 bits per heavy atom. The van der Waals surface area contributed by atoms with Crippen molar-refractivity contribution in [2.75, 3.05) is 0 Å². The van der Waals surface area contributed by atoms with Crippen LogP contribution in [0.4, 0.5) is 4.39 Å². The molecular weight excluding hydrogens is 351 g/mol. The van der Waals surface area contributed by atoms with Gasteiger partial charge in [0.1, 0.15) is 5.82 Å². The summed E-state index contributed by atoms with van der Waals surface area (Å²) in [4.78, 5) is 0.593. The molecule has 0 bridgehead atoms. The Balaban J connectivity index is 1.87. The summed E-state index contributed by atoms with van der Waals surface area (Å²) >= 11 is 7.20. The summed E-state index contributed by atoms with van der Waals surface area (Å²) in [5, 5.41) is 18.2. The van der Waals surface area contributed by atoms with Crippen LogP contribution in [0.1, 0.15) is 12.6 Å². The van der Waals surface area contributed by atoms with Gasteiger partial charge in [0.15, 0.2) is 10.8 Å². The van der Waals surface area contributed by atoms with Crippen LogP contribution in [0.5, 0.6) is 0 Å². The van der Waals surface area contributed by atoms with E-state index >= 15 is 0 Å². The van der Waals surface area contributed by atoms with Crippen molar-refractivity contribution >= 4 is 27.9 Å². The number of benzene rings is 1. The maximum absolute atomic E-state index is 14.2. The Bertz CT molecular complexity index is 1050. The number of aryl methyl sites for hydroxylation is 2. The largest absolute Gasteiger partial charge is 0.262 e. The van der Waals surface area contributed by atoms with Crippen molar-refractivity contribution in [3.8, 4) is 22.1 Å². The molecule has 6 nitrogen and oxygen atoms in total. The van der Waals surface area contributed by atoms with Crippen LogP contribution in [-0.2, 0) is 6.54 Å². The van der Waals surface area contributed by atoms with Crippen LogP contribution < -0.4 is 0 Å². The number of rotatable bonds is 3. The Morgan fingerprint density at radius 2 is 2.04 bits per heavy atom. The second-order valence-electron chi connectivity index (χ2n) is 5.24. The van der Waals surface area contributed by atoms with Gasteiger partial charge >= 0.3 is 0 Å². The van der Waals surface area contributed by atoms with Crippen LogP contribution >= 0.6 is 22.9 Å². The van der Waals surface area contributed by atoms with E-state index in [9.17, 15) is 4.39 Å². The lowest BCUT2D eigenvalue weighted by Gasteiger charge is -2.01.